The lowest BCUT2D eigenvalue weighted by molar-refractivity contribution is 0.294. The van der Waals surface area contributed by atoms with Crippen molar-refractivity contribution in [2.45, 2.75) is 64.6 Å². The van der Waals surface area contributed by atoms with Crippen molar-refractivity contribution in [2.24, 2.45) is 5.92 Å². The Labute approximate surface area is 152 Å². The van der Waals surface area contributed by atoms with Gasteiger partial charge in [-0.15, -0.1) is 0 Å². The second-order valence-electron chi connectivity index (χ2n) is 7.40. The van der Waals surface area contributed by atoms with Gasteiger partial charge in [0.1, 0.15) is 12.4 Å². The second-order valence-corrected chi connectivity index (χ2v) is 7.40. The third-order valence-electron chi connectivity index (χ3n) is 5.26. The number of benzene rings is 2. The molecule has 0 radical (unpaired) electrons. The first-order chi connectivity index (χ1) is 12.3. The maximum Gasteiger partial charge on any atom is 0.124 e. The number of hydrogen-bond donors (Lipinski definition) is 1. The van der Waals surface area contributed by atoms with Crippen LogP contribution < -0.4 is 10.1 Å². The van der Waals surface area contributed by atoms with Crippen molar-refractivity contribution < 1.29 is 4.74 Å². The summed E-state index contributed by atoms with van der Waals surface area (Å²) in [6, 6.07) is 19.3. The zero-order valence-electron chi connectivity index (χ0n) is 15.4. The predicted octanol–water partition coefficient (Wildman–Crippen LogP) is 5.71. The van der Waals surface area contributed by atoms with E-state index in [2.05, 4.69) is 60.8 Å². The summed E-state index contributed by atoms with van der Waals surface area (Å²) in [6.07, 6.45) is 8.42. The van der Waals surface area contributed by atoms with E-state index in [1.807, 2.05) is 6.07 Å². The van der Waals surface area contributed by atoms with Crippen LogP contribution in [0.3, 0.4) is 0 Å². The minimum Gasteiger partial charge on any atom is -0.489 e. The molecule has 25 heavy (non-hydrogen) atoms. The van der Waals surface area contributed by atoms with Gasteiger partial charge in [0.25, 0.3) is 0 Å². The van der Waals surface area contributed by atoms with E-state index in [4.69, 9.17) is 4.74 Å². The van der Waals surface area contributed by atoms with E-state index in [1.54, 1.807) is 0 Å². The van der Waals surface area contributed by atoms with Gasteiger partial charge in [-0.3, -0.25) is 0 Å². The zero-order valence-corrected chi connectivity index (χ0v) is 15.4. The summed E-state index contributed by atoms with van der Waals surface area (Å²) >= 11 is 0. The van der Waals surface area contributed by atoms with Gasteiger partial charge in [0.05, 0.1) is 0 Å². The highest BCUT2D eigenvalue weighted by atomic mass is 16.5. The van der Waals surface area contributed by atoms with Crippen molar-refractivity contribution >= 4 is 0 Å². The maximum atomic E-state index is 6.07. The van der Waals surface area contributed by atoms with Crippen LogP contribution in [0.5, 0.6) is 5.75 Å². The van der Waals surface area contributed by atoms with Gasteiger partial charge in [-0.05, 0) is 30.9 Å². The first kappa shape index (κ1) is 18.0. The third-order valence-corrected chi connectivity index (χ3v) is 5.26. The summed E-state index contributed by atoms with van der Waals surface area (Å²) in [4.78, 5) is 0. The molecule has 2 aromatic rings. The Hall–Kier alpha value is -1.80. The average Bonchev–Trinajstić information content (AvgIpc) is 2.67. The van der Waals surface area contributed by atoms with Crippen LogP contribution in [-0.2, 0) is 13.2 Å². The van der Waals surface area contributed by atoms with Crippen LogP contribution in [0.15, 0.2) is 54.6 Å². The maximum absolute atomic E-state index is 6.07. The Kier molecular flexibility index (Phi) is 6.93. The molecule has 1 fully saturated rings. The van der Waals surface area contributed by atoms with Crippen molar-refractivity contribution in [3.05, 3.63) is 65.7 Å². The number of nitrogens with one attached hydrogen (secondary N) is 1. The van der Waals surface area contributed by atoms with Crippen molar-refractivity contribution in [1.82, 2.24) is 5.32 Å². The van der Waals surface area contributed by atoms with Gasteiger partial charge in [-0.2, -0.15) is 0 Å². The molecule has 0 spiro atoms. The number of rotatable bonds is 8. The summed E-state index contributed by atoms with van der Waals surface area (Å²) in [7, 11) is 0. The van der Waals surface area contributed by atoms with Gasteiger partial charge < -0.3 is 10.1 Å². The minimum atomic E-state index is 0.560. The van der Waals surface area contributed by atoms with E-state index in [9.17, 15) is 0 Å². The standard InChI is InChI=1S/C23H31NO/c1-19(16-20-10-4-2-5-11-20)24-17-22-14-8-9-15-23(22)25-18-21-12-6-3-7-13-21/h3,6-9,12-15,19-20,24H,2,4-5,10-11,16-18H2,1H3. The summed E-state index contributed by atoms with van der Waals surface area (Å²) in [6.45, 7) is 3.82. The molecule has 1 N–H and O–H groups in total. The van der Waals surface area contributed by atoms with Gasteiger partial charge in [0, 0.05) is 18.2 Å². The molecule has 1 aliphatic rings. The van der Waals surface area contributed by atoms with Crippen LogP contribution in [-0.4, -0.2) is 6.04 Å². The summed E-state index contributed by atoms with van der Waals surface area (Å²) in [5, 5.41) is 3.70. The number of para-hydroxylation sites is 1. The van der Waals surface area contributed by atoms with Gasteiger partial charge in [-0.1, -0.05) is 80.6 Å². The van der Waals surface area contributed by atoms with Crippen LogP contribution in [0.1, 0.15) is 56.6 Å². The minimum absolute atomic E-state index is 0.560. The lowest BCUT2D eigenvalue weighted by Gasteiger charge is -2.25. The zero-order chi connectivity index (χ0) is 17.3. The molecule has 0 aliphatic heterocycles. The average molecular weight is 338 g/mol. The molecule has 1 atom stereocenters. The van der Waals surface area contributed by atoms with Crippen LogP contribution in [0.2, 0.25) is 0 Å². The van der Waals surface area contributed by atoms with Crippen molar-refractivity contribution in [3.8, 4) is 5.75 Å². The predicted molar refractivity (Wildman–Crippen MR) is 105 cm³/mol. The molecular weight excluding hydrogens is 306 g/mol. The monoisotopic (exact) mass is 337 g/mol. The smallest absolute Gasteiger partial charge is 0.124 e. The summed E-state index contributed by atoms with van der Waals surface area (Å²) in [5.74, 6) is 1.91. The fourth-order valence-corrected chi connectivity index (χ4v) is 3.82. The number of hydrogen-bond acceptors (Lipinski definition) is 2. The summed E-state index contributed by atoms with van der Waals surface area (Å²) < 4.78 is 6.07. The van der Waals surface area contributed by atoms with Crippen LogP contribution in [0, 0.1) is 5.92 Å². The van der Waals surface area contributed by atoms with E-state index < -0.39 is 0 Å². The highest BCUT2D eigenvalue weighted by Crippen LogP contribution is 2.27. The SMILES string of the molecule is CC(CC1CCCCC1)NCc1ccccc1OCc1ccccc1. The van der Waals surface area contributed by atoms with Crippen molar-refractivity contribution in [2.75, 3.05) is 0 Å². The van der Waals surface area contributed by atoms with E-state index in [0.29, 0.717) is 12.6 Å². The van der Waals surface area contributed by atoms with E-state index >= 15 is 0 Å². The Balaban J connectivity index is 1.50. The molecule has 1 aliphatic carbocycles. The number of ether oxygens (including phenoxy) is 1. The molecule has 1 saturated carbocycles. The fourth-order valence-electron chi connectivity index (χ4n) is 3.82. The quantitative estimate of drug-likeness (QED) is 0.666. The molecule has 1 unspecified atom stereocenters. The van der Waals surface area contributed by atoms with Gasteiger partial charge in [0.15, 0.2) is 0 Å². The van der Waals surface area contributed by atoms with Gasteiger partial charge in [0.2, 0.25) is 0 Å². The second kappa shape index (κ2) is 9.62. The molecule has 2 aromatic carbocycles. The molecule has 0 amide bonds. The Morgan fingerprint density at radius 3 is 2.48 bits per heavy atom. The van der Waals surface area contributed by atoms with Gasteiger partial charge in [-0.25, -0.2) is 0 Å². The van der Waals surface area contributed by atoms with Crippen molar-refractivity contribution in [3.63, 3.8) is 0 Å². The fraction of sp³-hybridized carbons (Fsp3) is 0.478. The molecule has 3 rings (SSSR count). The normalized spacial score (nSPS) is 16.5. The Bertz CT molecular complexity index is 619. The summed E-state index contributed by atoms with van der Waals surface area (Å²) in [5.41, 5.74) is 2.45. The van der Waals surface area contributed by atoms with E-state index in [-0.39, 0.29) is 0 Å². The molecule has 0 saturated heterocycles. The topological polar surface area (TPSA) is 21.3 Å². The van der Waals surface area contributed by atoms with E-state index in [1.165, 1.54) is 49.7 Å². The first-order valence-corrected chi connectivity index (χ1v) is 9.79. The van der Waals surface area contributed by atoms with Gasteiger partial charge >= 0.3 is 0 Å². The Morgan fingerprint density at radius 1 is 0.960 bits per heavy atom. The highest BCUT2D eigenvalue weighted by Gasteiger charge is 2.16. The third kappa shape index (κ3) is 5.89. The largest absolute Gasteiger partial charge is 0.489 e. The lowest BCUT2D eigenvalue weighted by Crippen LogP contribution is -2.28. The first-order valence-electron chi connectivity index (χ1n) is 9.79. The van der Waals surface area contributed by atoms with Crippen LogP contribution in [0.25, 0.3) is 0 Å². The highest BCUT2D eigenvalue weighted by molar-refractivity contribution is 5.33. The Morgan fingerprint density at radius 2 is 1.68 bits per heavy atom. The van der Waals surface area contributed by atoms with Crippen LogP contribution >= 0.6 is 0 Å². The van der Waals surface area contributed by atoms with Crippen LogP contribution in [0.4, 0.5) is 0 Å². The molecule has 2 nitrogen and oxygen atoms in total. The molecular formula is C23H31NO. The molecule has 134 valence electrons. The molecule has 0 heterocycles. The molecule has 0 bridgehead atoms. The molecule has 2 heteroatoms. The lowest BCUT2D eigenvalue weighted by atomic mass is 9.85. The van der Waals surface area contributed by atoms with E-state index in [0.717, 1.165) is 18.2 Å². The van der Waals surface area contributed by atoms with Crippen molar-refractivity contribution in [1.29, 1.82) is 0 Å². The molecule has 0 aromatic heterocycles.